The number of aliphatic hydroxyl groups excluding tert-OH is 1. The number of aliphatic hydroxyl groups is 1. The Morgan fingerprint density at radius 3 is 2.61 bits per heavy atom. The standard InChI is InChI=1S/C15H22ClNO/c1-2-8-17-9-6-15(12-18,7-10-17)13-4-3-5-14(16)11-13/h3-5,11,18H,2,6-10,12H2,1H3. The molecule has 1 N–H and O–H groups in total. The number of hydrogen-bond acceptors (Lipinski definition) is 2. The summed E-state index contributed by atoms with van der Waals surface area (Å²) >= 11 is 6.07. The molecule has 3 heteroatoms. The Bertz CT molecular complexity index is 386. The molecule has 18 heavy (non-hydrogen) atoms. The number of rotatable bonds is 4. The molecule has 0 aromatic heterocycles. The van der Waals surface area contributed by atoms with Gasteiger partial charge in [0.25, 0.3) is 0 Å². The monoisotopic (exact) mass is 267 g/mol. The highest BCUT2D eigenvalue weighted by molar-refractivity contribution is 6.30. The van der Waals surface area contributed by atoms with Crippen molar-refractivity contribution in [3.63, 3.8) is 0 Å². The molecule has 0 bridgehead atoms. The lowest BCUT2D eigenvalue weighted by Crippen LogP contribution is -2.44. The first-order chi connectivity index (χ1) is 8.70. The number of likely N-dealkylation sites (tertiary alicyclic amines) is 1. The van der Waals surface area contributed by atoms with E-state index < -0.39 is 0 Å². The summed E-state index contributed by atoms with van der Waals surface area (Å²) < 4.78 is 0. The summed E-state index contributed by atoms with van der Waals surface area (Å²) in [5.41, 5.74) is 1.10. The molecule has 0 amide bonds. The van der Waals surface area contributed by atoms with Gasteiger partial charge in [-0.05, 0) is 56.6 Å². The molecule has 2 rings (SSSR count). The number of nitrogens with zero attached hydrogens (tertiary/aromatic N) is 1. The predicted octanol–water partition coefficient (Wildman–Crippen LogP) is 3.08. The lowest BCUT2D eigenvalue weighted by Gasteiger charge is -2.41. The van der Waals surface area contributed by atoms with Gasteiger partial charge in [0.05, 0.1) is 6.61 Å². The van der Waals surface area contributed by atoms with Crippen molar-refractivity contribution in [2.24, 2.45) is 0 Å². The summed E-state index contributed by atoms with van der Waals surface area (Å²) in [6, 6.07) is 7.97. The Labute approximate surface area is 115 Å². The Kier molecular flexibility index (Phi) is 4.66. The van der Waals surface area contributed by atoms with Crippen molar-refractivity contribution >= 4 is 11.6 Å². The van der Waals surface area contributed by atoms with Gasteiger partial charge < -0.3 is 10.0 Å². The molecule has 100 valence electrons. The van der Waals surface area contributed by atoms with Gasteiger partial charge in [-0.3, -0.25) is 0 Å². The van der Waals surface area contributed by atoms with E-state index in [9.17, 15) is 5.11 Å². The second-order valence-electron chi connectivity index (χ2n) is 5.29. The smallest absolute Gasteiger partial charge is 0.0528 e. The number of benzene rings is 1. The third kappa shape index (κ3) is 2.87. The van der Waals surface area contributed by atoms with E-state index in [2.05, 4.69) is 17.9 Å². The van der Waals surface area contributed by atoms with Gasteiger partial charge in [0.2, 0.25) is 0 Å². The molecule has 0 unspecified atom stereocenters. The molecule has 0 atom stereocenters. The SMILES string of the molecule is CCCN1CCC(CO)(c2cccc(Cl)c2)CC1. The van der Waals surface area contributed by atoms with Gasteiger partial charge in [-0.15, -0.1) is 0 Å². The first-order valence-electron chi connectivity index (χ1n) is 6.79. The molecular weight excluding hydrogens is 246 g/mol. The second-order valence-corrected chi connectivity index (χ2v) is 5.73. The second kappa shape index (κ2) is 6.05. The Hall–Kier alpha value is -0.570. The zero-order chi connectivity index (χ0) is 13.0. The molecule has 1 aliphatic heterocycles. The van der Waals surface area contributed by atoms with Crippen LogP contribution >= 0.6 is 11.6 Å². The van der Waals surface area contributed by atoms with Gasteiger partial charge in [0.15, 0.2) is 0 Å². The average molecular weight is 268 g/mol. The summed E-state index contributed by atoms with van der Waals surface area (Å²) in [5.74, 6) is 0. The van der Waals surface area contributed by atoms with Crippen molar-refractivity contribution in [2.75, 3.05) is 26.2 Å². The number of piperidine rings is 1. The van der Waals surface area contributed by atoms with Crippen molar-refractivity contribution in [1.82, 2.24) is 4.90 Å². The molecule has 1 saturated heterocycles. The van der Waals surface area contributed by atoms with E-state index in [1.807, 2.05) is 18.2 Å². The molecule has 1 aromatic rings. The van der Waals surface area contributed by atoms with Gasteiger partial charge in [-0.2, -0.15) is 0 Å². The minimum absolute atomic E-state index is 0.0882. The molecule has 1 aromatic carbocycles. The third-order valence-corrected chi connectivity index (χ3v) is 4.33. The number of hydrogen-bond donors (Lipinski definition) is 1. The Morgan fingerprint density at radius 1 is 1.33 bits per heavy atom. The molecule has 1 heterocycles. The van der Waals surface area contributed by atoms with E-state index in [1.54, 1.807) is 0 Å². The first kappa shape index (κ1) is 13.9. The summed E-state index contributed by atoms with van der Waals surface area (Å²) in [5, 5.41) is 10.6. The topological polar surface area (TPSA) is 23.5 Å². The highest BCUT2D eigenvalue weighted by Gasteiger charge is 2.35. The van der Waals surface area contributed by atoms with Gasteiger partial charge in [-0.25, -0.2) is 0 Å². The van der Waals surface area contributed by atoms with Crippen molar-refractivity contribution in [3.8, 4) is 0 Å². The van der Waals surface area contributed by atoms with Crippen LogP contribution in [0.1, 0.15) is 31.7 Å². The van der Waals surface area contributed by atoms with Crippen LogP contribution in [0.5, 0.6) is 0 Å². The largest absolute Gasteiger partial charge is 0.395 e. The zero-order valence-electron chi connectivity index (χ0n) is 11.0. The van der Waals surface area contributed by atoms with E-state index >= 15 is 0 Å². The molecule has 0 saturated carbocycles. The van der Waals surface area contributed by atoms with Crippen LogP contribution in [-0.4, -0.2) is 36.2 Å². The number of halogens is 1. The van der Waals surface area contributed by atoms with Crippen LogP contribution in [0.4, 0.5) is 0 Å². The van der Waals surface area contributed by atoms with E-state index in [4.69, 9.17) is 11.6 Å². The van der Waals surface area contributed by atoms with Gasteiger partial charge in [-0.1, -0.05) is 30.7 Å². The van der Waals surface area contributed by atoms with Crippen LogP contribution in [0.3, 0.4) is 0 Å². The van der Waals surface area contributed by atoms with Crippen molar-refractivity contribution in [3.05, 3.63) is 34.9 Å². The van der Waals surface area contributed by atoms with Crippen LogP contribution < -0.4 is 0 Å². The molecular formula is C15H22ClNO. The molecule has 1 aliphatic rings. The minimum Gasteiger partial charge on any atom is -0.395 e. The van der Waals surface area contributed by atoms with E-state index in [1.165, 1.54) is 12.0 Å². The fourth-order valence-corrected chi connectivity index (χ4v) is 3.07. The average Bonchev–Trinajstić information content (AvgIpc) is 2.40. The summed E-state index contributed by atoms with van der Waals surface area (Å²) in [6.07, 6.45) is 3.23. The fraction of sp³-hybridized carbons (Fsp3) is 0.600. The minimum atomic E-state index is -0.0882. The molecule has 0 spiro atoms. The Morgan fingerprint density at radius 2 is 2.06 bits per heavy atom. The zero-order valence-corrected chi connectivity index (χ0v) is 11.8. The third-order valence-electron chi connectivity index (χ3n) is 4.09. The normalized spacial score (nSPS) is 19.9. The maximum absolute atomic E-state index is 9.84. The van der Waals surface area contributed by atoms with Crippen molar-refractivity contribution in [2.45, 2.75) is 31.6 Å². The van der Waals surface area contributed by atoms with Gasteiger partial charge >= 0.3 is 0 Å². The van der Waals surface area contributed by atoms with Crippen LogP contribution in [0.25, 0.3) is 0 Å². The van der Waals surface area contributed by atoms with Crippen LogP contribution in [0.2, 0.25) is 5.02 Å². The van der Waals surface area contributed by atoms with Crippen molar-refractivity contribution < 1.29 is 5.11 Å². The Balaban J connectivity index is 2.13. The summed E-state index contributed by atoms with van der Waals surface area (Å²) in [7, 11) is 0. The first-order valence-corrected chi connectivity index (χ1v) is 7.17. The quantitative estimate of drug-likeness (QED) is 0.906. The molecule has 2 nitrogen and oxygen atoms in total. The summed E-state index contributed by atoms with van der Waals surface area (Å²) in [4.78, 5) is 2.48. The highest BCUT2D eigenvalue weighted by Crippen LogP contribution is 2.36. The molecule has 0 radical (unpaired) electrons. The van der Waals surface area contributed by atoms with E-state index in [0.29, 0.717) is 0 Å². The van der Waals surface area contributed by atoms with Crippen LogP contribution in [-0.2, 0) is 5.41 Å². The fourth-order valence-electron chi connectivity index (χ4n) is 2.88. The predicted molar refractivity (Wildman–Crippen MR) is 76.2 cm³/mol. The maximum atomic E-state index is 9.84. The van der Waals surface area contributed by atoms with Crippen LogP contribution in [0.15, 0.2) is 24.3 Å². The van der Waals surface area contributed by atoms with E-state index in [-0.39, 0.29) is 12.0 Å². The molecule has 1 fully saturated rings. The maximum Gasteiger partial charge on any atom is 0.0528 e. The van der Waals surface area contributed by atoms with Gasteiger partial charge in [0, 0.05) is 10.4 Å². The van der Waals surface area contributed by atoms with Crippen molar-refractivity contribution in [1.29, 1.82) is 0 Å². The van der Waals surface area contributed by atoms with E-state index in [0.717, 1.165) is 37.5 Å². The lowest BCUT2D eigenvalue weighted by molar-refractivity contribution is 0.101. The molecule has 0 aliphatic carbocycles. The van der Waals surface area contributed by atoms with Crippen LogP contribution in [0, 0.1) is 0 Å². The highest BCUT2D eigenvalue weighted by atomic mass is 35.5. The summed E-state index contributed by atoms with van der Waals surface area (Å²) in [6.45, 7) is 5.73. The lowest BCUT2D eigenvalue weighted by atomic mass is 9.73. The van der Waals surface area contributed by atoms with Gasteiger partial charge in [0.1, 0.15) is 0 Å².